The van der Waals surface area contributed by atoms with Crippen molar-refractivity contribution in [2.45, 2.75) is 46.6 Å². The van der Waals surface area contributed by atoms with Gasteiger partial charge in [0.25, 0.3) is 5.91 Å². The highest BCUT2D eigenvalue weighted by Gasteiger charge is 2.18. The number of ether oxygens (including phenoxy) is 1. The van der Waals surface area contributed by atoms with E-state index in [0.29, 0.717) is 10.7 Å². The highest BCUT2D eigenvalue weighted by atomic mass is 32.1. The van der Waals surface area contributed by atoms with Gasteiger partial charge < -0.3 is 15.8 Å². The van der Waals surface area contributed by atoms with Gasteiger partial charge in [-0.25, -0.2) is 0 Å². The van der Waals surface area contributed by atoms with Crippen LogP contribution in [0.2, 0.25) is 0 Å². The van der Waals surface area contributed by atoms with E-state index in [2.05, 4.69) is 5.32 Å². The number of thiocarbonyl (C=S) groups is 1. The van der Waals surface area contributed by atoms with Crippen LogP contribution >= 0.6 is 12.2 Å². The average molecular weight is 308 g/mol. The van der Waals surface area contributed by atoms with E-state index in [4.69, 9.17) is 22.7 Å². The lowest BCUT2D eigenvalue weighted by Gasteiger charge is -2.24. The van der Waals surface area contributed by atoms with E-state index in [1.807, 2.05) is 46.8 Å². The van der Waals surface area contributed by atoms with Crippen molar-refractivity contribution in [2.24, 2.45) is 5.73 Å². The fourth-order valence-electron chi connectivity index (χ4n) is 1.96. The van der Waals surface area contributed by atoms with E-state index in [1.165, 1.54) is 0 Å². The lowest BCUT2D eigenvalue weighted by Crippen LogP contribution is -2.45. The van der Waals surface area contributed by atoms with Crippen molar-refractivity contribution < 1.29 is 9.53 Å². The summed E-state index contributed by atoms with van der Waals surface area (Å²) in [5, 5.41) is 2.94. The quantitative estimate of drug-likeness (QED) is 0.793. The van der Waals surface area contributed by atoms with Gasteiger partial charge >= 0.3 is 0 Å². The summed E-state index contributed by atoms with van der Waals surface area (Å²) in [5.41, 5.74) is 8.06. The molecular formula is C16H24N2O2S. The van der Waals surface area contributed by atoms with E-state index >= 15 is 0 Å². The second kappa shape index (κ2) is 6.89. The Hall–Kier alpha value is -1.62. The molecule has 0 atom stereocenters. The summed E-state index contributed by atoms with van der Waals surface area (Å²) < 4.78 is 5.66. The molecule has 0 saturated heterocycles. The van der Waals surface area contributed by atoms with Gasteiger partial charge in [-0.1, -0.05) is 19.1 Å². The molecule has 1 aromatic rings. The molecule has 0 heterocycles. The number of amides is 1. The van der Waals surface area contributed by atoms with Gasteiger partial charge in [0.15, 0.2) is 6.61 Å². The molecule has 0 aliphatic heterocycles. The van der Waals surface area contributed by atoms with Crippen molar-refractivity contribution in [3.05, 3.63) is 28.8 Å². The van der Waals surface area contributed by atoms with Crippen LogP contribution in [0, 0.1) is 13.8 Å². The number of hydrogen-bond donors (Lipinski definition) is 2. The second-order valence-electron chi connectivity index (χ2n) is 5.88. The minimum atomic E-state index is -0.222. The highest BCUT2D eigenvalue weighted by Crippen LogP contribution is 2.24. The molecule has 4 nitrogen and oxygen atoms in total. The predicted octanol–water partition coefficient (Wildman–Crippen LogP) is 2.62. The number of carbonyl (C=O) groups is 1. The number of carbonyl (C=O) groups excluding carboxylic acids is 1. The van der Waals surface area contributed by atoms with Crippen LogP contribution in [0.3, 0.4) is 0 Å². The lowest BCUT2D eigenvalue weighted by atomic mass is 10.0. The first-order valence-electron chi connectivity index (χ1n) is 7.01. The summed E-state index contributed by atoms with van der Waals surface area (Å²) in [6.07, 6.45) is 0.861. The van der Waals surface area contributed by atoms with Crippen molar-refractivity contribution in [3.8, 4) is 5.75 Å². The average Bonchev–Trinajstić information content (AvgIpc) is 2.36. The predicted molar refractivity (Wildman–Crippen MR) is 89.8 cm³/mol. The summed E-state index contributed by atoms with van der Waals surface area (Å²) in [5.74, 6) is 0.582. The van der Waals surface area contributed by atoms with Gasteiger partial charge in [0, 0.05) is 11.1 Å². The molecule has 1 amide bonds. The number of hydrogen-bond acceptors (Lipinski definition) is 3. The van der Waals surface area contributed by atoms with E-state index in [0.717, 1.165) is 23.1 Å². The van der Waals surface area contributed by atoms with Gasteiger partial charge in [-0.15, -0.1) is 0 Å². The van der Waals surface area contributed by atoms with Crippen molar-refractivity contribution >= 4 is 23.1 Å². The third-order valence-corrected chi connectivity index (χ3v) is 3.69. The molecule has 21 heavy (non-hydrogen) atoms. The van der Waals surface area contributed by atoms with Crippen LogP contribution in [0.4, 0.5) is 0 Å². The van der Waals surface area contributed by atoms with Gasteiger partial charge in [-0.05, 0) is 57.4 Å². The molecule has 3 N–H and O–H groups in total. The fraction of sp³-hybridized carbons (Fsp3) is 0.500. The summed E-state index contributed by atoms with van der Waals surface area (Å²) >= 11 is 4.98. The van der Waals surface area contributed by atoms with E-state index in [-0.39, 0.29) is 18.1 Å². The molecule has 0 fully saturated rings. The Kier molecular flexibility index (Phi) is 5.72. The van der Waals surface area contributed by atoms with Crippen LogP contribution in [-0.2, 0) is 4.79 Å². The van der Waals surface area contributed by atoms with E-state index in [9.17, 15) is 4.79 Å². The molecule has 0 aliphatic rings. The van der Waals surface area contributed by atoms with Crippen molar-refractivity contribution in [3.63, 3.8) is 0 Å². The summed E-state index contributed by atoms with van der Waals surface area (Å²) in [7, 11) is 0. The third kappa shape index (κ3) is 5.01. The van der Waals surface area contributed by atoms with Crippen molar-refractivity contribution in [1.29, 1.82) is 0 Å². The molecule has 0 unspecified atom stereocenters. The zero-order valence-electron chi connectivity index (χ0n) is 13.4. The summed E-state index contributed by atoms with van der Waals surface area (Å²) in [6.45, 7) is 9.83. The summed E-state index contributed by atoms with van der Waals surface area (Å²) in [6, 6.07) is 3.75. The zero-order valence-corrected chi connectivity index (χ0v) is 14.2. The topological polar surface area (TPSA) is 64.3 Å². The van der Waals surface area contributed by atoms with Crippen LogP contribution in [-0.4, -0.2) is 23.0 Å². The Morgan fingerprint density at radius 1 is 1.33 bits per heavy atom. The number of rotatable bonds is 6. The zero-order chi connectivity index (χ0) is 16.2. The standard InChI is InChI=1S/C16H24N2O2S/c1-6-16(4,5)18-13(19)9-20-14-10(2)7-12(15(17)21)8-11(14)3/h7-8H,6,9H2,1-5H3,(H2,17,21)(H,18,19). The van der Waals surface area contributed by atoms with Gasteiger partial charge in [0.05, 0.1) is 0 Å². The monoisotopic (exact) mass is 308 g/mol. The lowest BCUT2D eigenvalue weighted by molar-refractivity contribution is -0.124. The maximum Gasteiger partial charge on any atom is 0.258 e. The Balaban J connectivity index is 2.76. The maximum atomic E-state index is 11.9. The maximum absolute atomic E-state index is 11.9. The Morgan fingerprint density at radius 2 is 1.86 bits per heavy atom. The SMILES string of the molecule is CCC(C)(C)NC(=O)COc1c(C)cc(C(N)=S)cc1C. The highest BCUT2D eigenvalue weighted by molar-refractivity contribution is 7.80. The smallest absolute Gasteiger partial charge is 0.258 e. The fourth-order valence-corrected chi connectivity index (χ4v) is 2.08. The van der Waals surface area contributed by atoms with Crippen molar-refractivity contribution in [2.75, 3.05) is 6.61 Å². The normalized spacial score (nSPS) is 11.1. The molecule has 0 spiro atoms. The molecule has 0 radical (unpaired) electrons. The first-order chi connectivity index (χ1) is 9.66. The van der Waals surface area contributed by atoms with Crippen LogP contribution in [0.25, 0.3) is 0 Å². The van der Waals surface area contributed by atoms with Gasteiger partial charge in [-0.2, -0.15) is 0 Å². The minimum absolute atomic E-state index is 0.00245. The molecule has 116 valence electrons. The van der Waals surface area contributed by atoms with E-state index in [1.54, 1.807) is 0 Å². The molecule has 0 saturated carbocycles. The largest absolute Gasteiger partial charge is 0.483 e. The molecule has 0 aromatic heterocycles. The third-order valence-electron chi connectivity index (χ3n) is 3.45. The molecule has 1 rings (SSSR count). The number of aryl methyl sites for hydroxylation is 2. The van der Waals surface area contributed by atoms with Gasteiger partial charge in [-0.3, -0.25) is 4.79 Å². The van der Waals surface area contributed by atoms with Crippen LogP contribution in [0.5, 0.6) is 5.75 Å². The number of nitrogens with one attached hydrogen (secondary N) is 1. The molecule has 0 bridgehead atoms. The van der Waals surface area contributed by atoms with Gasteiger partial charge in [0.2, 0.25) is 0 Å². The first kappa shape index (κ1) is 17.4. The molecular weight excluding hydrogens is 284 g/mol. The summed E-state index contributed by atoms with van der Waals surface area (Å²) in [4.78, 5) is 12.3. The van der Waals surface area contributed by atoms with Gasteiger partial charge in [0.1, 0.15) is 10.7 Å². The second-order valence-corrected chi connectivity index (χ2v) is 6.32. The van der Waals surface area contributed by atoms with Crippen LogP contribution in [0.15, 0.2) is 12.1 Å². The Labute approximate surface area is 132 Å². The minimum Gasteiger partial charge on any atom is -0.483 e. The van der Waals surface area contributed by atoms with E-state index < -0.39 is 0 Å². The number of nitrogens with two attached hydrogens (primary N) is 1. The Morgan fingerprint density at radius 3 is 2.29 bits per heavy atom. The molecule has 0 aliphatic carbocycles. The van der Waals surface area contributed by atoms with Crippen LogP contribution < -0.4 is 15.8 Å². The number of benzene rings is 1. The molecule has 5 heteroatoms. The van der Waals surface area contributed by atoms with Crippen molar-refractivity contribution in [1.82, 2.24) is 5.32 Å². The molecule has 1 aromatic carbocycles. The first-order valence-corrected chi connectivity index (χ1v) is 7.42. The Bertz CT molecular complexity index is 530. The van der Waals surface area contributed by atoms with Crippen LogP contribution in [0.1, 0.15) is 43.9 Å².